The van der Waals surface area contributed by atoms with Crippen molar-refractivity contribution in [2.45, 2.75) is 20.0 Å². The second kappa shape index (κ2) is 4.53. The maximum absolute atomic E-state index is 10.2. The van der Waals surface area contributed by atoms with E-state index in [4.69, 9.17) is 11.6 Å². The highest BCUT2D eigenvalue weighted by Crippen LogP contribution is 2.30. The number of nitrogens with zero attached hydrogens (tertiary/aromatic N) is 1. The summed E-state index contributed by atoms with van der Waals surface area (Å²) in [4.78, 5) is 4.10. The minimum Gasteiger partial charge on any atom is -0.381 e. The van der Waals surface area contributed by atoms with Crippen LogP contribution in [0.2, 0.25) is 4.34 Å². The lowest BCUT2D eigenvalue weighted by atomic mass is 10.0. The number of aliphatic hydroxyl groups excluding tert-OH is 1. The number of aromatic nitrogens is 1. The molecule has 2 aromatic rings. The van der Waals surface area contributed by atoms with Crippen LogP contribution in [0.5, 0.6) is 0 Å². The lowest BCUT2D eigenvalue weighted by molar-refractivity contribution is 0.219. The SMILES string of the molecule is Cc1ccc(C)c(C(O)c2ncc(Cl)s2)c1. The van der Waals surface area contributed by atoms with Crippen LogP contribution < -0.4 is 0 Å². The summed E-state index contributed by atoms with van der Waals surface area (Å²) in [6.45, 7) is 3.98. The normalized spacial score (nSPS) is 12.8. The van der Waals surface area contributed by atoms with Gasteiger partial charge >= 0.3 is 0 Å². The summed E-state index contributed by atoms with van der Waals surface area (Å²) in [6.07, 6.45) is 0.882. The smallest absolute Gasteiger partial charge is 0.131 e. The Kier molecular flexibility index (Phi) is 3.28. The highest BCUT2D eigenvalue weighted by molar-refractivity contribution is 7.15. The zero-order valence-corrected chi connectivity index (χ0v) is 10.6. The van der Waals surface area contributed by atoms with Crippen molar-refractivity contribution in [2.24, 2.45) is 0 Å². The molecule has 0 fully saturated rings. The lowest BCUT2D eigenvalue weighted by Gasteiger charge is -2.11. The summed E-state index contributed by atoms with van der Waals surface area (Å²) in [5.41, 5.74) is 3.08. The van der Waals surface area contributed by atoms with Crippen LogP contribution in [0.3, 0.4) is 0 Å². The van der Waals surface area contributed by atoms with Crippen molar-refractivity contribution in [3.8, 4) is 0 Å². The van der Waals surface area contributed by atoms with Gasteiger partial charge in [-0.05, 0) is 25.0 Å². The summed E-state index contributed by atoms with van der Waals surface area (Å²) in [5.74, 6) is 0. The third kappa shape index (κ3) is 2.26. The van der Waals surface area contributed by atoms with Crippen molar-refractivity contribution < 1.29 is 5.11 Å². The molecular formula is C12H12ClNOS. The van der Waals surface area contributed by atoms with Crippen molar-refractivity contribution in [3.63, 3.8) is 0 Å². The second-order valence-electron chi connectivity index (χ2n) is 3.77. The van der Waals surface area contributed by atoms with Crippen LogP contribution >= 0.6 is 22.9 Å². The number of aliphatic hydroxyl groups is 1. The van der Waals surface area contributed by atoms with Gasteiger partial charge in [0, 0.05) is 0 Å². The fourth-order valence-corrected chi connectivity index (χ4v) is 2.52. The first kappa shape index (κ1) is 11.6. The van der Waals surface area contributed by atoms with Gasteiger partial charge in [0.2, 0.25) is 0 Å². The number of halogens is 1. The molecule has 1 heterocycles. The number of hydrogen-bond donors (Lipinski definition) is 1. The third-order valence-electron chi connectivity index (χ3n) is 2.46. The van der Waals surface area contributed by atoms with Crippen LogP contribution in [0.1, 0.15) is 27.8 Å². The predicted molar refractivity (Wildman–Crippen MR) is 67.1 cm³/mol. The standard InChI is InChI=1S/C12H12ClNOS/c1-7-3-4-8(2)9(5-7)11(15)12-14-6-10(13)16-12/h3-6,11,15H,1-2H3. The summed E-state index contributed by atoms with van der Waals surface area (Å²) < 4.78 is 0.597. The minimum atomic E-state index is -0.683. The molecule has 2 rings (SSSR count). The molecule has 0 aliphatic heterocycles. The van der Waals surface area contributed by atoms with E-state index in [1.807, 2.05) is 32.0 Å². The van der Waals surface area contributed by atoms with E-state index >= 15 is 0 Å². The van der Waals surface area contributed by atoms with Gasteiger partial charge in [0.15, 0.2) is 0 Å². The van der Waals surface area contributed by atoms with Crippen LogP contribution in [0.4, 0.5) is 0 Å². The molecule has 0 amide bonds. The lowest BCUT2D eigenvalue weighted by Crippen LogP contribution is -2.01. The molecule has 1 aromatic heterocycles. The van der Waals surface area contributed by atoms with Crippen LogP contribution in [-0.2, 0) is 0 Å². The average Bonchev–Trinajstić information content (AvgIpc) is 2.67. The number of rotatable bonds is 2. The Balaban J connectivity index is 2.40. The van der Waals surface area contributed by atoms with Crippen LogP contribution in [-0.4, -0.2) is 10.1 Å². The molecule has 0 aliphatic carbocycles. The first-order chi connectivity index (χ1) is 7.58. The molecule has 0 bridgehead atoms. The molecule has 0 saturated heterocycles. The second-order valence-corrected chi connectivity index (χ2v) is 5.46. The quantitative estimate of drug-likeness (QED) is 0.889. The third-order valence-corrected chi connectivity index (χ3v) is 3.63. The maximum Gasteiger partial charge on any atom is 0.131 e. The fraction of sp³-hybridized carbons (Fsp3) is 0.250. The van der Waals surface area contributed by atoms with Gasteiger partial charge in [0.25, 0.3) is 0 Å². The van der Waals surface area contributed by atoms with E-state index in [2.05, 4.69) is 4.98 Å². The van der Waals surface area contributed by atoms with E-state index in [-0.39, 0.29) is 0 Å². The molecule has 0 aliphatic rings. The average molecular weight is 254 g/mol. The van der Waals surface area contributed by atoms with Gasteiger partial charge in [-0.15, -0.1) is 11.3 Å². The molecule has 4 heteroatoms. The van der Waals surface area contributed by atoms with Gasteiger partial charge in [-0.3, -0.25) is 0 Å². The summed E-state index contributed by atoms with van der Waals surface area (Å²) in [7, 11) is 0. The maximum atomic E-state index is 10.2. The molecule has 0 saturated carbocycles. The molecule has 1 aromatic carbocycles. The summed E-state index contributed by atoms with van der Waals surface area (Å²) >= 11 is 7.12. The van der Waals surface area contributed by atoms with E-state index in [1.165, 1.54) is 11.3 Å². The minimum absolute atomic E-state index is 0.597. The number of hydrogen-bond acceptors (Lipinski definition) is 3. The van der Waals surface area contributed by atoms with Crippen molar-refractivity contribution in [3.05, 3.63) is 50.4 Å². The first-order valence-electron chi connectivity index (χ1n) is 4.94. The van der Waals surface area contributed by atoms with Crippen molar-refractivity contribution in [1.29, 1.82) is 0 Å². The zero-order valence-electron chi connectivity index (χ0n) is 9.07. The number of aryl methyl sites for hydroxylation is 2. The Bertz CT molecular complexity index is 509. The van der Waals surface area contributed by atoms with Gasteiger partial charge in [-0.25, -0.2) is 4.98 Å². The summed E-state index contributed by atoms with van der Waals surface area (Å²) in [6, 6.07) is 6.01. The first-order valence-corrected chi connectivity index (χ1v) is 6.14. The van der Waals surface area contributed by atoms with E-state index in [1.54, 1.807) is 6.20 Å². The molecular weight excluding hydrogens is 242 g/mol. The molecule has 0 radical (unpaired) electrons. The zero-order chi connectivity index (χ0) is 11.7. The Labute approximate surface area is 104 Å². The molecule has 16 heavy (non-hydrogen) atoms. The topological polar surface area (TPSA) is 33.1 Å². The largest absolute Gasteiger partial charge is 0.381 e. The molecule has 2 nitrogen and oxygen atoms in total. The van der Waals surface area contributed by atoms with Gasteiger partial charge in [-0.1, -0.05) is 35.4 Å². The highest BCUT2D eigenvalue weighted by atomic mass is 35.5. The van der Waals surface area contributed by atoms with Crippen molar-refractivity contribution in [1.82, 2.24) is 4.98 Å². The molecule has 1 N–H and O–H groups in total. The number of benzene rings is 1. The van der Waals surface area contributed by atoms with Crippen molar-refractivity contribution in [2.75, 3.05) is 0 Å². The Morgan fingerprint density at radius 2 is 2.12 bits per heavy atom. The Hall–Kier alpha value is -0.900. The van der Waals surface area contributed by atoms with E-state index in [0.29, 0.717) is 9.34 Å². The van der Waals surface area contributed by atoms with Gasteiger partial charge in [0.05, 0.1) is 6.20 Å². The molecule has 0 spiro atoms. The van der Waals surface area contributed by atoms with Crippen LogP contribution in [0, 0.1) is 13.8 Å². The number of thiazole rings is 1. The van der Waals surface area contributed by atoms with E-state index in [9.17, 15) is 5.11 Å². The Morgan fingerprint density at radius 3 is 2.75 bits per heavy atom. The van der Waals surface area contributed by atoms with E-state index in [0.717, 1.165) is 16.7 Å². The van der Waals surface area contributed by atoms with Gasteiger partial charge in [-0.2, -0.15) is 0 Å². The molecule has 1 atom stereocenters. The summed E-state index contributed by atoms with van der Waals surface area (Å²) in [5, 5.41) is 10.8. The predicted octanol–water partition coefficient (Wildman–Crippen LogP) is 3.50. The van der Waals surface area contributed by atoms with Crippen LogP contribution in [0.25, 0.3) is 0 Å². The fourth-order valence-electron chi connectivity index (χ4n) is 1.58. The monoisotopic (exact) mass is 253 g/mol. The van der Waals surface area contributed by atoms with Gasteiger partial charge < -0.3 is 5.11 Å². The Morgan fingerprint density at radius 1 is 1.38 bits per heavy atom. The van der Waals surface area contributed by atoms with E-state index < -0.39 is 6.10 Å². The highest BCUT2D eigenvalue weighted by Gasteiger charge is 2.16. The van der Waals surface area contributed by atoms with Crippen molar-refractivity contribution >= 4 is 22.9 Å². The van der Waals surface area contributed by atoms with Crippen LogP contribution in [0.15, 0.2) is 24.4 Å². The van der Waals surface area contributed by atoms with Gasteiger partial charge in [0.1, 0.15) is 15.4 Å². The molecule has 84 valence electrons. The molecule has 1 unspecified atom stereocenters.